The molecule has 5 nitrogen and oxygen atoms in total. The number of benzene rings is 1. The molecule has 1 aliphatic rings. The second-order valence-electron chi connectivity index (χ2n) is 5.53. The minimum Gasteiger partial charge on any atom is -0.497 e. The Labute approximate surface area is 120 Å². The smallest absolute Gasteiger partial charge is 0.219 e. The van der Waals surface area contributed by atoms with Gasteiger partial charge in [0.1, 0.15) is 11.5 Å². The van der Waals surface area contributed by atoms with Gasteiger partial charge in [0.05, 0.1) is 19.0 Å². The monoisotopic (exact) mass is 299 g/mol. The molecule has 0 bridgehead atoms. The molecule has 1 aromatic carbocycles. The molecule has 0 saturated carbocycles. The van der Waals surface area contributed by atoms with Crippen molar-refractivity contribution in [3.63, 3.8) is 0 Å². The summed E-state index contributed by atoms with van der Waals surface area (Å²) < 4.78 is 36.1. The molecule has 0 atom stereocenters. The third kappa shape index (κ3) is 2.50. The van der Waals surface area contributed by atoms with Crippen LogP contribution in [0.4, 0.5) is 0 Å². The number of nitrogens with zero attached hydrogens (tertiary/aromatic N) is 1. The van der Waals surface area contributed by atoms with Gasteiger partial charge in [-0.2, -0.15) is 4.31 Å². The maximum absolute atomic E-state index is 12.4. The van der Waals surface area contributed by atoms with Gasteiger partial charge in [-0.3, -0.25) is 0 Å². The standard InChI is InChI=1S/C14H21NO4S/c1-14(2)7-8-15(20(14,16)17)10-11-5-6-12(18-3)9-13(11)19-4/h5-6,9H,7-8,10H2,1-4H3. The van der Waals surface area contributed by atoms with E-state index in [1.54, 1.807) is 34.1 Å². The summed E-state index contributed by atoms with van der Waals surface area (Å²) in [6.07, 6.45) is 0.647. The number of rotatable bonds is 4. The summed E-state index contributed by atoms with van der Waals surface area (Å²) in [6.45, 7) is 4.42. The average Bonchev–Trinajstić information content (AvgIpc) is 2.61. The van der Waals surface area contributed by atoms with Crippen LogP contribution >= 0.6 is 0 Å². The van der Waals surface area contributed by atoms with E-state index in [0.29, 0.717) is 31.0 Å². The molecule has 0 aromatic heterocycles. The number of sulfonamides is 1. The molecule has 0 radical (unpaired) electrons. The topological polar surface area (TPSA) is 55.8 Å². The van der Waals surface area contributed by atoms with E-state index in [1.165, 1.54) is 4.31 Å². The molecule has 112 valence electrons. The van der Waals surface area contributed by atoms with Crippen molar-refractivity contribution < 1.29 is 17.9 Å². The van der Waals surface area contributed by atoms with Gasteiger partial charge in [-0.1, -0.05) is 6.07 Å². The predicted molar refractivity (Wildman–Crippen MR) is 77.6 cm³/mol. The summed E-state index contributed by atoms with van der Waals surface area (Å²) >= 11 is 0. The molecule has 0 amide bonds. The van der Waals surface area contributed by atoms with E-state index in [1.807, 2.05) is 12.1 Å². The van der Waals surface area contributed by atoms with Crippen LogP contribution in [0.25, 0.3) is 0 Å². The normalized spacial score (nSPS) is 20.8. The van der Waals surface area contributed by atoms with Crippen molar-refractivity contribution in [1.82, 2.24) is 4.31 Å². The van der Waals surface area contributed by atoms with Crippen molar-refractivity contribution in [2.24, 2.45) is 0 Å². The van der Waals surface area contributed by atoms with Crippen LogP contribution in [0.15, 0.2) is 18.2 Å². The van der Waals surface area contributed by atoms with Crippen LogP contribution in [0.5, 0.6) is 11.5 Å². The van der Waals surface area contributed by atoms with Crippen molar-refractivity contribution in [2.75, 3.05) is 20.8 Å². The van der Waals surface area contributed by atoms with Crippen molar-refractivity contribution >= 4 is 10.0 Å². The lowest BCUT2D eigenvalue weighted by Crippen LogP contribution is -2.34. The molecule has 1 fully saturated rings. The van der Waals surface area contributed by atoms with Gasteiger partial charge in [0.15, 0.2) is 0 Å². The SMILES string of the molecule is COc1ccc(CN2CCC(C)(C)S2(=O)=O)c(OC)c1. The maximum Gasteiger partial charge on any atom is 0.219 e. The van der Waals surface area contributed by atoms with Gasteiger partial charge in [0.25, 0.3) is 0 Å². The quantitative estimate of drug-likeness (QED) is 0.853. The Hall–Kier alpha value is -1.27. The Bertz CT molecular complexity index is 595. The van der Waals surface area contributed by atoms with Crippen LogP contribution in [-0.2, 0) is 16.6 Å². The zero-order valence-electron chi connectivity index (χ0n) is 12.3. The first-order valence-corrected chi connectivity index (χ1v) is 7.96. The first-order chi connectivity index (χ1) is 9.31. The zero-order valence-corrected chi connectivity index (χ0v) is 13.2. The first-order valence-electron chi connectivity index (χ1n) is 6.52. The van der Waals surface area contributed by atoms with E-state index >= 15 is 0 Å². The molecule has 1 heterocycles. The minimum atomic E-state index is -3.26. The highest BCUT2D eigenvalue weighted by Gasteiger charge is 2.45. The van der Waals surface area contributed by atoms with Crippen LogP contribution in [0, 0.1) is 0 Å². The van der Waals surface area contributed by atoms with E-state index in [-0.39, 0.29) is 0 Å². The fourth-order valence-electron chi connectivity index (χ4n) is 2.33. The minimum absolute atomic E-state index is 0.332. The van der Waals surface area contributed by atoms with Crippen molar-refractivity contribution in [3.05, 3.63) is 23.8 Å². The second kappa shape index (κ2) is 5.26. The predicted octanol–water partition coefficient (Wildman–Crippen LogP) is 2.02. The average molecular weight is 299 g/mol. The van der Waals surface area contributed by atoms with E-state index in [2.05, 4.69) is 0 Å². The highest BCUT2D eigenvalue weighted by molar-refractivity contribution is 7.90. The van der Waals surface area contributed by atoms with Gasteiger partial charge < -0.3 is 9.47 Å². The van der Waals surface area contributed by atoms with Gasteiger partial charge in [0.2, 0.25) is 10.0 Å². The van der Waals surface area contributed by atoms with Gasteiger partial charge in [-0.25, -0.2) is 8.42 Å². The molecule has 1 aromatic rings. The molecule has 0 aliphatic carbocycles. The molecule has 0 N–H and O–H groups in total. The van der Waals surface area contributed by atoms with Gasteiger partial charge in [-0.05, 0) is 26.3 Å². The first kappa shape index (κ1) is 15.1. The highest BCUT2D eigenvalue weighted by atomic mass is 32.2. The van der Waals surface area contributed by atoms with E-state index in [9.17, 15) is 8.42 Å². The summed E-state index contributed by atoms with van der Waals surface area (Å²) in [7, 11) is -0.102. The number of hydrogen-bond acceptors (Lipinski definition) is 4. The van der Waals surface area contributed by atoms with Crippen LogP contribution in [0.2, 0.25) is 0 Å². The van der Waals surface area contributed by atoms with Crippen molar-refractivity contribution in [1.29, 1.82) is 0 Å². The van der Waals surface area contributed by atoms with Crippen LogP contribution in [-0.4, -0.2) is 38.2 Å². The summed E-state index contributed by atoms with van der Waals surface area (Å²) in [5, 5.41) is 0. The molecule has 0 spiro atoms. The third-order valence-electron chi connectivity index (χ3n) is 3.84. The van der Waals surface area contributed by atoms with Crippen molar-refractivity contribution in [2.45, 2.75) is 31.6 Å². The summed E-state index contributed by atoms with van der Waals surface area (Å²) in [4.78, 5) is 0. The van der Waals surface area contributed by atoms with E-state index in [0.717, 1.165) is 5.56 Å². The van der Waals surface area contributed by atoms with Gasteiger partial charge in [-0.15, -0.1) is 0 Å². The molecule has 0 unspecified atom stereocenters. The fourth-order valence-corrected chi connectivity index (χ4v) is 4.02. The third-order valence-corrected chi connectivity index (χ3v) is 6.43. The number of ether oxygens (including phenoxy) is 2. The Morgan fingerprint density at radius 1 is 1.25 bits per heavy atom. The maximum atomic E-state index is 12.4. The summed E-state index contributed by atoms with van der Waals surface area (Å²) in [5.41, 5.74) is 0.842. The molecular formula is C14H21NO4S. The highest BCUT2D eigenvalue weighted by Crippen LogP contribution is 2.35. The molecule has 2 rings (SSSR count). The number of hydrogen-bond donors (Lipinski definition) is 0. The number of methoxy groups -OCH3 is 2. The fraction of sp³-hybridized carbons (Fsp3) is 0.571. The van der Waals surface area contributed by atoms with Crippen LogP contribution in [0.1, 0.15) is 25.8 Å². The molecule has 20 heavy (non-hydrogen) atoms. The second-order valence-corrected chi connectivity index (χ2v) is 8.10. The van der Waals surface area contributed by atoms with E-state index < -0.39 is 14.8 Å². The molecule has 6 heteroatoms. The summed E-state index contributed by atoms with van der Waals surface area (Å²) in [5.74, 6) is 1.33. The molecular weight excluding hydrogens is 278 g/mol. The largest absolute Gasteiger partial charge is 0.497 e. The van der Waals surface area contributed by atoms with Crippen molar-refractivity contribution in [3.8, 4) is 11.5 Å². The lowest BCUT2D eigenvalue weighted by Gasteiger charge is -2.21. The van der Waals surface area contributed by atoms with Crippen LogP contribution < -0.4 is 9.47 Å². The molecule has 1 aliphatic heterocycles. The molecule has 1 saturated heterocycles. The Balaban J connectivity index is 2.28. The van der Waals surface area contributed by atoms with Crippen LogP contribution in [0.3, 0.4) is 0 Å². The van der Waals surface area contributed by atoms with E-state index in [4.69, 9.17) is 9.47 Å². The zero-order chi connectivity index (χ0) is 15.0. The lowest BCUT2D eigenvalue weighted by atomic mass is 10.1. The van der Waals surface area contributed by atoms with Gasteiger partial charge in [0, 0.05) is 24.7 Å². The van der Waals surface area contributed by atoms with Gasteiger partial charge >= 0.3 is 0 Å². The Kier molecular flexibility index (Phi) is 3.97. The lowest BCUT2D eigenvalue weighted by molar-refractivity contribution is 0.380. The Morgan fingerprint density at radius 2 is 1.95 bits per heavy atom. The Morgan fingerprint density at radius 3 is 2.45 bits per heavy atom. The summed E-state index contributed by atoms with van der Waals surface area (Å²) in [6, 6.07) is 5.42.